The quantitative estimate of drug-likeness (QED) is 0.691. The third kappa shape index (κ3) is 4.90. The van der Waals surface area contributed by atoms with Crippen molar-refractivity contribution in [2.45, 2.75) is 31.3 Å². The molecule has 0 aromatic heterocycles. The van der Waals surface area contributed by atoms with E-state index in [1.807, 2.05) is 30.0 Å². The van der Waals surface area contributed by atoms with Crippen LogP contribution in [0.25, 0.3) is 0 Å². The molecule has 1 fully saturated rings. The van der Waals surface area contributed by atoms with Crippen molar-refractivity contribution in [2.75, 3.05) is 42.8 Å². The Kier molecular flexibility index (Phi) is 6.38. The van der Waals surface area contributed by atoms with E-state index in [-0.39, 0.29) is 5.54 Å². The Hall–Kier alpha value is -1.69. The molecule has 2 aliphatic heterocycles. The van der Waals surface area contributed by atoms with E-state index < -0.39 is 0 Å². The molecular formula is C23H29ClN4S. The number of hydrogen-bond acceptors (Lipinski definition) is 4. The summed E-state index contributed by atoms with van der Waals surface area (Å²) in [6.07, 6.45) is 3.22. The molecule has 0 saturated carbocycles. The van der Waals surface area contributed by atoms with Gasteiger partial charge in [0.15, 0.2) is 0 Å². The maximum atomic E-state index is 6.15. The van der Waals surface area contributed by atoms with Crippen LogP contribution in [-0.4, -0.2) is 48.4 Å². The lowest BCUT2D eigenvalue weighted by Gasteiger charge is -2.44. The lowest BCUT2D eigenvalue weighted by Crippen LogP contribution is -2.54. The highest BCUT2D eigenvalue weighted by Gasteiger charge is 2.41. The summed E-state index contributed by atoms with van der Waals surface area (Å²) >= 11 is 8.18. The first-order valence-electron chi connectivity index (χ1n) is 10.2. The van der Waals surface area contributed by atoms with E-state index in [0.717, 1.165) is 59.4 Å². The molecule has 0 bridgehead atoms. The van der Waals surface area contributed by atoms with E-state index in [9.17, 15) is 0 Å². The summed E-state index contributed by atoms with van der Waals surface area (Å²) in [5.74, 6) is 3.37. The van der Waals surface area contributed by atoms with Crippen LogP contribution in [0.3, 0.4) is 0 Å². The van der Waals surface area contributed by atoms with Gasteiger partial charge >= 0.3 is 0 Å². The zero-order chi connectivity index (χ0) is 20.3. The van der Waals surface area contributed by atoms with Crippen LogP contribution >= 0.6 is 23.4 Å². The minimum absolute atomic E-state index is 0.100. The minimum atomic E-state index is -0.100. The van der Waals surface area contributed by atoms with E-state index in [1.165, 1.54) is 11.3 Å². The molecule has 1 spiro atoms. The number of likely N-dealkylation sites (N-methyl/N-ethyl adjacent to an activating group) is 1. The second kappa shape index (κ2) is 8.99. The summed E-state index contributed by atoms with van der Waals surface area (Å²) in [5, 5.41) is 8.32. The maximum Gasteiger partial charge on any atom is 0.127 e. The Morgan fingerprint density at radius 3 is 2.66 bits per heavy atom. The topological polar surface area (TPSA) is 39.7 Å². The first kappa shape index (κ1) is 20.6. The number of hydrogen-bond donors (Lipinski definition) is 2. The van der Waals surface area contributed by atoms with Crippen LogP contribution in [-0.2, 0) is 13.0 Å². The minimum Gasteiger partial charge on any atom is -0.371 e. The van der Waals surface area contributed by atoms with E-state index in [2.05, 4.69) is 53.9 Å². The average molecular weight is 429 g/mol. The number of nitrogens with zero attached hydrogens (tertiary/aromatic N) is 2. The molecule has 0 unspecified atom stereocenters. The molecule has 2 aliphatic rings. The van der Waals surface area contributed by atoms with Gasteiger partial charge in [0.2, 0.25) is 0 Å². The van der Waals surface area contributed by atoms with Crippen LogP contribution in [0.2, 0.25) is 5.02 Å². The Morgan fingerprint density at radius 2 is 1.90 bits per heavy atom. The highest BCUT2D eigenvalue weighted by atomic mass is 35.5. The van der Waals surface area contributed by atoms with E-state index >= 15 is 0 Å². The molecule has 4 nitrogen and oxygen atoms in total. The summed E-state index contributed by atoms with van der Waals surface area (Å²) < 4.78 is 0. The molecule has 0 radical (unpaired) electrons. The summed E-state index contributed by atoms with van der Waals surface area (Å²) in [7, 11) is 4.24. The zero-order valence-electron chi connectivity index (χ0n) is 17.2. The third-order valence-corrected chi connectivity index (χ3v) is 6.89. The third-order valence-electron chi connectivity index (χ3n) is 5.67. The van der Waals surface area contributed by atoms with Gasteiger partial charge in [-0.3, -0.25) is 4.99 Å². The fraction of sp³-hybridized carbons (Fsp3) is 0.435. The number of thioether (sulfide) groups is 1. The average Bonchev–Trinajstić information content (AvgIpc) is 2.71. The Balaban J connectivity index is 1.61. The summed E-state index contributed by atoms with van der Waals surface area (Å²) in [5.41, 5.74) is 4.72. The molecule has 2 aromatic rings. The molecule has 2 heterocycles. The van der Waals surface area contributed by atoms with Gasteiger partial charge in [0.1, 0.15) is 5.84 Å². The van der Waals surface area contributed by atoms with Gasteiger partial charge in [-0.15, -0.1) is 0 Å². The number of amidine groups is 1. The number of anilines is 2. The van der Waals surface area contributed by atoms with Crippen LogP contribution in [0.1, 0.15) is 24.0 Å². The molecule has 2 aromatic carbocycles. The number of aliphatic imine (C=N–C) groups is 1. The van der Waals surface area contributed by atoms with Crippen molar-refractivity contribution in [3.8, 4) is 0 Å². The van der Waals surface area contributed by atoms with Gasteiger partial charge < -0.3 is 15.5 Å². The molecule has 0 atom stereocenters. The van der Waals surface area contributed by atoms with Gasteiger partial charge in [-0.25, -0.2) is 0 Å². The predicted octanol–water partition coefficient (Wildman–Crippen LogP) is 5.15. The lowest BCUT2D eigenvalue weighted by molar-refractivity contribution is 0.413. The molecular weight excluding hydrogens is 400 g/mol. The van der Waals surface area contributed by atoms with Crippen molar-refractivity contribution in [1.29, 1.82) is 0 Å². The van der Waals surface area contributed by atoms with Crippen LogP contribution in [0, 0.1) is 0 Å². The second-order valence-corrected chi connectivity index (χ2v) is 9.83. The van der Waals surface area contributed by atoms with Gasteiger partial charge in [0.25, 0.3) is 0 Å². The monoisotopic (exact) mass is 428 g/mol. The van der Waals surface area contributed by atoms with Crippen molar-refractivity contribution in [1.82, 2.24) is 4.90 Å². The zero-order valence-corrected chi connectivity index (χ0v) is 18.7. The highest BCUT2D eigenvalue weighted by molar-refractivity contribution is 7.99. The van der Waals surface area contributed by atoms with Gasteiger partial charge in [0, 0.05) is 11.6 Å². The normalized spacial score (nSPS) is 19.1. The van der Waals surface area contributed by atoms with Crippen molar-refractivity contribution >= 4 is 40.6 Å². The van der Waals surface area contributed by atoms with Crippen molar-refractivity contribution in [3.63, 3.8) is 0 Å². The smallest absolute Gasteiger partial charge is 0.127 e. The summed E-state index contributed by atoms with van der Waals surface area (Å²) in [6, 6.07) is 14.7. The molecule has 1 saturated heterocycles. The Labute approximate surface area is 183 Å². The lowest BCUT2D eigenvalue weighted by atomic mass is 9.87. The van der Waals surface area contributed by atoms with Gasteiger partial charge in [0.05, 0.1) is 23.5 Å². The molecule has 29 heavy (non-hydrogen) atoms. The number of halogens is 1. The van der Waals surface area contributed by atoms with Crippen LogP contribution < -0.4 is 10.6 Å². The van der Waals surface area contributed by atoms with Crippen molar-refractivity contribution in [2.24, 2.45) is 4.99 Å². The number of benzene rings is 2. The fourth-order valence-corrected chi connectivity index (χ4v) is 5.36. The van der Waals surface area contributed by atoms with E-state index in [1.54, 1.807) is 0 Å². The van der Waals surface area contributed by atoms with E-state index in [0.29, 0.717) is 6.54 Å². The number of fused-ring (bicyclic) bond motifs is 1. The van der Waals surface area contributed by atoms with Crippen LogP contribution in [0.15, 0.2) is 47.5 Å². The van der Waals surface area contributed by atoms with Crippen molar-refractivity contribution in [3.05, 3.63) is 58.6 Å². The second-order valence-electron chi connectivity index (χ2n) is 8.17. The van der Waals surface area contributed by atoms with Crippen LogP contribution in [0.4, 0.5) is 11.4 Å². The predicted molar refractivity (Wildman–Crippen MR) is 128 cm³/mol. The Morgan fingerprint density at radius 1 is 1.07 bits per heavy atom. The first-order chi connectivity index (χ1) is 14.0. The van der Waals surface area contributed by atoms with Crippen LogP contribution in [0.5, 0.6) is 0 Å². The number of nitrogens with one attached hydrogen (secondary N) is 2. The summed E-state index contributed by atoms with van der Waals surface area (Å²) in [6.45, 7) is 1.69. The standard InChI is InChI=1S/C23H29ClN4S/c1-28(2)11-8-17-6-7-20-21(15-17)27-23(9-12-29-13-10-23)22(26-20)25-16-18-4-3-5-19(24)14-18/h3-7,14-15,27H,8-13,16H2,1-2H3,(H,25,26). The largest absolute Gasteiger partial charge is 0.371 e. The molecule has 0 aliphatic carbocycles. The number of rotatable bonds is 5. The van der Waals surface area contributed by atoms with E-state index in [4.69, 9.17) is 16.6 Å². The molecule has 4 rings (SSSR count). The van der Waals surface area contributed by atoms with Gasteiger partial charge in [-0.2, -0.15) is 11.8 Å². The summed E-state index contributed by atoms with van der Waals surface area (Å²) in [4.78, 5) is 7.25. The maximum absolute atomic E-state index is 6.15. The molecule has 154 valence electrons. The van der Waals surface area contributed by atoms with Gasteiger partial charge in [-0.1, -0.05) is 29.8 Å². The fourth-order valence-electron chi connectivity index (χ4n) is 3.95. The molecule has 6 heteroatoms. The van der Waals surface area contributed by atoms with Crippen molar-refractivity contribution < 1.29 is 0 Å². The molecule has 2 N–H and O–H groups in total. The Bertz CT molecular complexity index is 890. The van der Waals surface area contributed by atoms with Gasteiger partial charge in [-0.05, 0) is 80.3 Å². The SMILES string of the molecule is CN(C)CCc1ccc2c(c1)NC1(CCSCC1)C(=NCc1cccc(Cl)c1)N2. The highest BCUT2D eigenvalue weighted by Crippen LogP contribution is 2.39. The first-order valence-corrected chi connectivity index (χ1v) is 11.8. The molecule has 0 amide bonds.